The molecule has 1 aromatic heterocycles. The van der Waals surface area contributed by atoms with E-state index in [1.165, 1.54) is 0 Å². The molecule has 3 nitrogen and oxygen atoms in total. The summed E-state index contributed by atoms with van der Waals surface area (Å²) in [7, 11) is 0. The molecular weight excluding hydrogens is 226 g/mol. The first-order valence-corrected chi connectivity index (χ1v) is 6.09. The normalized spacial score (nSPS) is 13.2. The molecule has 0 radical (unpaired) electrons. The average molecular weight is 241 g/mol. The Morgan fingerprint density at radius 2 is 1.78 bits per heavy atom. The molecule has 3 rings (SSSR count). The molecule has 1 heterocycles. The number of hydrogen-bond donors (Lipinski definition) is 3. The predicted molar refractivity (Wildman–Crippen MR) is 72.5 cm³/mol. The van der Waals surface area contributed by atoms with Crippen molar-refractivity contribution in [3.63, 3.8) is 0 Å². The largest absolute Gasteiger partial charge is 0.396 e. The lowest BCUT2D eigenvalue weighted by atomic mass is 10.0. The second kappa shape index (κ2) is 4.44. The Balaban J connectivity index is 2.27. The van der Waals surface area contributed by atoms with Gasteiger partial charge < -0.3 is 15.2 Å². The Morgan fingerprint density at radius 1 is 1.00 bits per heavy atom. The molecule has 0 aliphatic rings. The van der Waals surface area contributed by atoms with Gasteiger partial charge in [-0.05, 0) is 6.07 Å². The molecule has 0 aliphatic carbocycles. The van der Waals surface area contributed by atoms with Crippen LogP contribution in [0, 0.1) is 0 Å². The lowest BCUT2D eigenvalue weighted by Gasteiger charge is -2.10. The van der Waals surface area contributed by atoms with E-state index in [1.54, 1.807) is 0 Å². The van der Waals surface area contributed by atoms with Crippen LogP contribution in [-0.2, 0) is 0 Å². The van der Waals surface area contributed by atoms with Gasteiger partial charge in [-0.3, -0.25) is 0 Å². The van der Waals surface area contributed by atoms with E-state index in [-0.39, 0.29) is 6.61 Å². The number of nitrogens with one attached hydrogen (secondary N) is 1. The SMILES string of the molecule is OCCC(O)c1cccc2c1[nH]c1ccccc12. The molecule has 92 valence electrons. The molecule has 0 aliphatic heterocycles. The average Bonchev–Trinajstić information content (AvgIpc) is 2.77. The summed E-state index contributed by atoms with van der Waals surface area (Å²) < 4.78 is 0. The maximum absolute atomic E-state index is 10.1. The van der Waals surface area contributed by atoms with Gasteiger partial charge in [0.15, 0.2) is 0 Å². The molecule has 0 amide bonds. The molecule has 3 N–H and O–H groups in total. The van der Waals surface area contributed by atoms with Gasteiger partial charge >= 0.3 is 0 Å². The van der Waals surface area contributed by atoms with Crippen LogP contribution in [-0.4, -0.2) is 21.8 Å². The Morgan fingerprint density at radius 3 is 2.61 bits per heavy atom. The summed E-state index contributed by atoms with van der Waals surface area (Å²) in [5, 5.41) is 21.3. The molecule has 3 aromatic rings. The fraction of sp³-hybridized carbons (Fsp3) is 0.200. The lowest BCUT2D eigenvalue weighted by Crippen LogP contribution is -2.00. The van der Waals surface area contributed by atoms with Crippen molar-refractivity contribution in [2.45, 2.75) is 12.5 Å². The van der Waals surface area contributed by atoms with Crippen LogP contribution in [0.3, 0.4) is 0 Å². The minimum atomic E-state index is -0.633. The van der Waals surface area contributed by atoms with Crippen LogP contribution >= 0.6 is 0 Å². The summed E-state index contributed by atoms with van der Waals surface area (Å²) in [5.74, 6) is 0. The molecule has 0 saturated heterocycles. The van der Waals surface area contributed by atoms with Crippen molar-refractivity contribution in [3.05, 3.63) is 48.0 Å². The first-order chi connectivity index (χ1) is 8.81. The number of aromatic amines is 1. The number of benzene rings is 2. The van der Waals surface area contributed by atoms with Crippen LogP contribution in [0.2, 0.25) is 0 Å². The van der Waals surface area contributed by atoms with Gasteiger partial charge in [0, 0.05) is 34.9 Å². The minimum Gasteiger partial charge on any atom is -0.396 e. The van der Waals surface area contributed by atoms with E-state index in [0.717, 1.165) is 27.4 Å². The van der Waals surface area contributed by atoms with Crippen LogP contribution in [0.15, 0.2) is 42.5 Å². The van der Waals surface area contributed by atoms with Gasteiger partial charge in [-0.2, -0.15) is 0 Å². The summed E-state index contributed by atoms with van der Waals surface area (Å²) in [4.78, 5) is 3.34. The van der Waals surface area contributed by atoms with Crippen LogP contribution in [0.4, 0.5) is 0 Å². The van der Waals surface area contributed by atoms with Crippen molar-refractivity contribution < 1.29 is 10.2 Å². The van der Waals surface area contributed by atoms with Gasteiger partial charge in [-0.25, -0.2) is 0 Å². The summed E-state index contributed by atoms with van der Waals surface area (Å²) >= 11 is 0. The minimum absolute atomic E-state index is 0.0161. The highest BCUT2D eigenvalue weighted by atomic mass is 16.3. The Kier molecular flexibility index (Phi) is 2.78. The Labute approximate surface area is 105 Å². The van der Waals surface area contributed by atoms with E-state index >= 15 is 0 Å². The maximum atomic E-state index is 10.1. The van der Waals surface area contributed by atoms with E-state index in [1.807, 2.05) is 36.4 Å². The highest BCUT2D eigenvalue weighted by Crippen LogP contribution is 2.31. The molecule has 0 fully saturated rings. The van der Waals surface area contributed by atoms with Gasteiger partial charge in [0.1, 0.15) is 0 Å². The molecule has 0 spiro atoms. The van der Waals surface area contributed by atoms with Crippen LogP contribution in [0.1, 0.15) is 18.1 Å². The number of fused-ring (bicyclic) bond motifs is 3. The van der Waals surface area contributed by atoms with Crippen LogP contribution < -0.4 is 0 Å². The predicted octanol–water partition coefficient (Wildman–Crippen LogP) is 2.74. The first-order valence-electron chi connectivity index (χ1n) is 6.09. The molecule has 1 atom stereocenters. The third kappa shape index (κ3) is 1.68. The van der Waals surface area contributed by atoms with Crippen molar-refractivity contribution in [1.82, 2.24) is 4.98 Å². The van der Waals surface area contributed by atoms with Crippen molar-refractivity contribution in [1.29, 1.82) is 0 Å². The number of para-hydroxylation sites is 2. The fourth-order valence-electron chi connectivity index (χ4n) is 2.45. The van der Waals surface area contributed by atoms with E-state index in [9.17, 15) is 5.11 Å². The molecule has 0 bridgehead atoms. The van der Waals surface area contributed by atoms with E-state index in [2.05, 4.69) is 11.1 Å². The third-order valence-corrected chi connectivity index (χ3v) is 3.34. The molecule has 3 heteroatoms. The smallest absolute Gasteiger partial charge is 0.0832 e. The highest BCUT2D eigenvalue weighted by molar-refractivity contribution is 6.08. The number of aliphatic hydroxyl groups excluding tert-OH is 2. The molecule has 1 unspecified atom stereocenters. The maximum Gasteiger partial charge on any atom is 0.0832 e. The van der Waals surface area contributed by atoms with Gasteiger partial charge in [0.2, 0.25) is 0 Å². The fourth-order valence-corrected chi connectivity index (χ4v) is 2.45. The highest BCUT2D eigenvalue weighted by Gasteiger charge is 2.13. The van der Waals surface area contributed by atoms with E-state index < -0.39 is 6.10 Å². The zero-order chi connectivity index (χ0) is 12.5. The third-order valence-electron chi connectivity index (χ3n) is 3.34. The van der Waals surface area contributed by atoms with Crippen molar-refractivity contribution in [2.75, 3.05) is 6.61 Å². The summed E-state index contributed by atoms with van der Waals surface area (Å²) in [6.45, 7) is -0.0161. The first kappa shape index (κ1) is 11.3. The molecule has 2 aromatic carbocycles. The van der Waals surface area contributed by atoms with Gasteiger partial charge in [-0.1, -0.05) is 36.4 Å². The topological polar surface area (TPSA) is 56.2 Å². The van der Waals surface area contributed by atoms with E-state index in [0.29, 0.717) is 6.42 Å². The number of hydrogen-bond acceptors (Lipinski definition) is 2. The summed E-state index contributed by atoms with van der Waals surface area (Å²) in [5.41, 5.74) is 2.87. The molecule has 0 saturated carbocycles. The summed E-state index contributed by atoms with van der Waals surface area (Å²) in [6.07, 6.45) is -0.277. The van der Waals surface area contributed by atoms with Crippen molar-refractivity contribution in [2.24, 2.45) is 0 Å². The number of H-pyrrole nitrogens is 1. The van der Waals surface area contributed by atoms with Crippen LogP contribution in [0.25, 0.3) is 21.8 Å². The number of aromatic nitrogens is 1. The summed E-state index contributed by atoms with van der Waals surface area (Å²) in [6, 6.07) is 14.0. The van der Waals surface area contributed by atoms with Gasteiger partial charge in [0.05, 0.1) is 11.6 Å². The van der Waals surface area contributed by atoms with Gasteiger partial charge in [-0.15, -0.1) is 0 Å². The standard InChI is InChI=1S/C15H15NO2/c17-9-8-14(18)12-6-3-5-11-10-4-1-2-7-13(10)16-15(11)12/h1-7,14,16-18H,8-9H2. The second-order valence-corrected chi connectivity index (χ2v) is 4.47. The Bertz CT molecular complexity index is 687. The van der Waals surface area contributed by atoms with Crippen molar-refractivity contribution >= 4 is 21.8 Å². The molecular formula is C15H15NO2. The van der Waals surface area contributed by atoms with Crippen molar-refractivity contribution in [3.8, 4) is 0 Å². The van der Waals surface area contributed by atoms with Crippen LogP contribution in [0.5, 0.6) is 0 Å². The zero-order valence-electron chi connectivity index (χ0n) is 9.93. The van der Waals surface area contributed by atoms with E-state index in [4.69, 9.17) is 5.11 Å². The number of aliphatic hydroxyl groups is 2. The quantitative estimate of drug-likeness (QED) is 0.660. The zero-order valence-corrected chi connectivity index (χ0v) is 9.93. The number of rotatable bonds is 3. The second-order valence-electron chi connectivity index (χ2n) is 4.47. The lowest BCUT2D eigenvalue weighted by molar-refractivity contribution is 0.135. The van der Waals surface area contributed by atoms with Gasteiger partial charge in [0.25, 0.3) is 0 Å². The molecule has 18 heavy (non-hydrogen) atoms. The Hall–Kier alpha value is -1.84. The monoisotopic (exact) mass is 241 g/mol.